The van der Waals surface area contributed by atoms with Crippen LogP contribution in [0.25, 0.3) is 0 Å². The lowest BCUT2D eigenvalue weighted by molar-refractivity contribution is 0.468. The Labute approximate surface area is 60.7 Å². The Morgan fingerprint density at radius 3 is 2.40 bits per heavy atom. The fraction of sp³-hybridized carbons (Fsp3) is 1.00. The molecule has 0 heterocycles. The molecule has 0 aromatic heterocycles. The summed E-state index contributed by atoms with van der Waals surface area (Å²) in [7, 11) is -1.76. The molecule has 0 aliphatic heterocycles. The van der Waals surface area contributed by atoms with E-state index < -0.39 is 16.7 Å². The van der Waals surface area contributed by atoms with Gasteiger partial charge < -0.3 is 0 Å². The molecule has 0 saturated carbocycles. The van der Waals surface area contributed by atoms with Crippen molar-refractivity contribution in [3.63, 3.8) is 0 Å². The Bertz CT molecular complexity index is 166. The van der Waals surface area contributed by atoms with Crippen LogP contribution in [0, 0.1) is 0 Å². The number of rotatable bonds is 5. The Kier molecular flexibility index (Phi) is 4.55. The molecule has 0 atom stereocenters. The van der Waals surface area contributed by atoms with Gasteiger partial charge in [0, 0.05) is 0 Å². The van der Waals surface area contributed by atoms with E-state index in [9.17, 15) is 12.8 Å². The second-order valence-corrected chi connectivity index (χ2v) is 3.97. The van der Waals surface area contributed by atoms with E-state index >= 15 is 0 Å². The zero-order chi connectivity index (χ0) is 8.04. The first-order chi connectivity index (χ1) is 4.62. The van der Waals surface area contributed by atoms with Gasteiger partial charge in [0.2, 0.25) is 10.0 Å². The monoisotopic (exact) mass is 169 g/mol. The average molecular weight is 169 g/mol. The molecule has 5 heteroatoms. The summed E-state index contributed by atoms with van der Waals surface area (Å²) in [4.78, 5) is 0. The van der Waals surface area contributed by atoms with Crippen molar-refractivity contribution < 1.29 is 12.8 Å². The first-order valence-electron chi connectivity index (χ1n) is 3.09. The molecule has 0 bridgehead atoms. The molecule has 0 radical (unpaired) electrons. The third-order valence-electron chi connectivity index (χ3n) is 1.11. The van der Waals surface area contributed by atoms with E-state index in [1.54, 1.807) is 0 Å². The third-order valence-corrected chi connectivity index (χ3v) is 2.56. The molecule has 0 aromatic rings. The first-order valence-corrected chi connectivity index (χ1v) is 4.75. The van der Waals surface area contributed by atoms with E-state index in [4.69, 9.17) is 0 Å². The number of hydrogen-bond donors (Lipinski definition) is 1. The zero-order valence-electron chi connectivity index (χ0n) is 5.93. The summed E-state index contributed by atoms with van der Waals surface area (Å²) in [5.74, 6) is 0.0212. The molecule has 0 fully saturated rings. The van der Waals surface area contributed by atoms with Crippen LogP contribution >= 0.6 is 0 Å². The summed E-state index contributed by atoms with van der Waals surface area (Å²) in [6.07, 6.45) is 0.709. The van der Waals surface area contributed by atoms with Gasteiger partial charge in [-0.1, -0.05) is 0 Å². The van der Waals surface area contributed by atoms with Gasteiger partial charge in [0.15, 0.2) is 0 Å². The van der Waals surface area contributed by atoms with Gasteiger partial charge in [-0.2, -0.15) is 0 Å². The number of unbranched alkanes of at least 4 members (excludes halogenated alkanes) is 1. The molecule has 0 aliphatic rings. The second-order valence-electron chi connectivity index (χ2n) is 1.92. The second kappa shape index (κ2) is 4.62. The van der Waals surface area contributed by atoms with Crippen LogP contribution in [0.4, 0.5) is 4.39 Å². The lowest BCUT2D eigenvalue weighted by Gasteiger charge is -1.98. The summed E-state index contributed by atoms with van der Waals surface area (Å²) in [6, 6.07) is 0. The number of nitrogens with one attached hydrogen (secondary N) is 1. The molecule has 0 spiro atoms. The van der Waals surface area contributed by atoms with Crippen LogP contribution in [0.3, 0.4) is 0 Å². The van der Waals surface area contributed by atoms with Gasteiger partial charge in [-0.3, -0.25) is 4.39 Å². The van der Waals surface area contributed by atoms with Gasteiger partial charge in [0.05, 0.1) is 12.4 Å². The van der Waals surface area contributed by atoms with E-state index in [1.807, 2.05) is 0 Å². The zero-order valence-corrected chi connectivity index (χ0v) is 6.75. The molecular weight excluding hydrogens is 157 g/mol. The van der Waals surface area contributed by atoms with Gasteiger partial charge in [0.1, 0.15) is 0 Å². The molecule has 0 amide bonds. The predicted octanol–water partition coefficient (Wildman–Crippen LogP) is 0.285. The summed E-state index contributed by atoms with van der Waals surface area (Å²) in [5.41, 5.74) is 0. The van der Waals surface area contributed by atoms with Crippen molar-refractivity contribution in [2.45, 2.75) is 12.8 Å². The maximum Gasteiger partial charge on any atom is 0.211 e. The van der Waals surface area contributed by atoms with Crippen LogP contribution in [0.2, 0.25) is 0 Å². The van der Waals surface area contributed by atoms with Crippen molar-refractivity contribution >= 4 is 10.0 Å². The Hall–Kier alpha value is -0.160. The lowest BCUT2D eigenvalue weighted by atomic mass is 10.4. The molecule has 3 nitrogen and oxygen atoms in total. The van der Waals surface area contributed by atoms with Crippen LogP contribution in [0.1, 0.15) is 12.8 Å². The third kappa shape index (κ3) is 4.69. The highest BCUT2D eigenvalue weighted by atomic mass is 32.2. The molecular formula is C5H12FNO2S. The average Bonchev–Trinajstić information content (AvgIpc) is 1.89. The van der Waals surface area contributed by atoms with Crippen molar-refractivity contribution in [1.82, 2.24) is 4.72 Å². The number of alkyl halides is 1. The van der Waals surface area contributed by atoms with E-state index in [2.05, 4.69) is 4.72 Å². The van der Waals surface area contributed by atoms with E-state index in [1.165, 1.54) is 7.05 Å². The van der Waals surface area contributed by atoms with Crippen LogP contribution < -0.4 is 4.72 Å². The standard InChI is InChI=1S/C5H12FNO2S/c1-7-10(8,9)5-3-2-4-6/h7H,2-5H2,1H3. The highest BCUT2D eigenvalue weighted by Gasteiger charge is 2.04. The van der Waals surface area contributed by atoms with Crippen LogP contribution in [-0.2, 0) is 10.0 Å². The fourth-order valence-corrected chi connectivity index (χ4v) is 1.28. The summed E-state index contributed by atoms with van der Waals surface area (Å²) in [6.45, 7) is -0.445. The minimum absolute atomic E-state index is 0.0212. The normalized spacial score (nSPS) is 11.8. The SMILES string of the molecule is CNS(=O)(=O)CCCCF. The number of halogens is 1. The quantitative estimate of drug-likeness (QED) is 0.601. The van der Waals surface area contributed by atoms with Crippen LogP contribution in [-0.4, -0.2) is 27.9 Å². The van der Waals surface area contributed by atoms with Crippen molar-refractivity contribution in [2.24, 2.45) is 0 Å². The van der Waals surface area contributed by atoms with Crippen molar-refractivity contribution in [3.05, 3.63) is 0 Å². The Morgan fingerprint density at radius 2 is 2.00 bits per heavy atom. The predicted molar refractivity (Wildman–Crippen MR) is 38.1 cm³/mol. The van der Waals surface area contributed by atoms with Crippen LogP contribution in [0.15, 0.2) is 0 Å². The minimum Gasteiger partial charge on any atom is -0.251 e. The molecule has 0 unspecified atom stereocenters. The van der Waals surface area contributed by atoms with Crippen LogP contribution in [0.5, 0.6) is 0 Å². The Balaban J connectivity index is 3.49. The first kappa shape index (κ1) is 9.84. The number of hydrogen-bond acceptors (Lipinski definition) is 2. The highest BCUT2D eigenvalue weighted by Crippen LogP contribution is 1.93. The summed E-state index contributed by atoms with van der Waals surface area (Å²) in [5, 5.41) is 0. The fourth-order valence-electron chi connectivity index (χ4n) is 0.489. The molecule has 62 valence electrons. The van der Waals surface area contributed by atoms with Crippen molar-refractivity contribution in [2.75, 3.05) is 19.5 Å². The lowest BCUT2D eigenvalue weighted by Crippen LogP contribution is -2.21. The van der Waals surface area contributed by atoms with Crippen molar-refractivity contribution in [1.29, 1.82) is 0 Å². The minimum atomic E-state index is -3.11. The van der Waals surface area contributed by atoms with Gasteiger partial charge in [0.25, 0.3) is 0 Å². The van der Waals surface area contributed by atoms with E-state index in [-0.39, 0.29) is 5.75 Å². The molecule has 0 rings (SSSR count). The Morgan fingerprint density at radius 1 is 1.40 bits per heavy atom. The molecule has 10 heavy (non-hydrogen) atoms. The van der Waals surface area contributed by atoms with Gasteiger partial charge in [-0.05, 0) is 19.9 Å². The smallest absolute Gasteiger partial charge is 0.211 e. The van der Waals surface area contributed by atoms with Gasteiger partial charge in [-0.15, -0.1) is 0 Å². The van der Waals surface area contributed by atoms with Gasteiger partial charge in [-0.25, -0.2) is 13.1 Å². The largest absolute Gasteiger partial charge is 0.251 e. The molecule has 0 saturated heterocycles. The molecule has 1 N–H and O–H groups in total. The van der Waals surface area contributed by atoms with Gasteiger partial charge >= 0.3 is 0 Å². The maximum absolute atomic E-state index is 11.5. The van der Waals surface area contributed by atoms with E-state index in [0.717, 1.165) is 0 Å². The summed E-state index contributed by atoms with van der Waals surface area (Å²) >= 11 is 0. The topological polar surface area (TPSA) is 46.2 Å². The summed E-state index contributed by atoms with van der Waals surface area (Å²) < 4.78 is 34.9. The highest BCUT2D eigenvalue weighted by molar-refractivity contribution is 7.89. The maximum atomic E-state index is 11.5. The number of sulfonamides is 1. The molecule has 0 aromatic carbocycles. The van der Waals surface area contributed by atoms with E-state index in [0.29, 0.717) is 12.8 Å². The molecule has 0 aliphatic carbocycles. The van der Waals surface area contributed by atoms with Crippen molar-refractivity contribution in [3.8, 4) is 0 Å².